The summed E-state index contributed by atoms with van der Waals surface area (Å²) in [6.07, 6.45) is 0. The number of carbonyl (C=O) groups is 1. The van der Waals surface area contributed by atoms with Gasteiger partial charge >= 0.3 is 0 Å². The third-order valence-corrected chi connectivity index (χ3v) is 7.48. The van der Waals surface area contributed by atoms with Crippen molar-refractivity contribution >= 4 is 32.4 Å². The third kappa shape index (κ3) is 5.63. The lowest BCUT2D eigenvalue weighted by Crippen LogP contribution is -2.40. The minimum absolute atomic E-state index is 0.124. The smallest absolute Gasteiger partial charge is 0.264 e. The lowest BCUT2D eigenvalue weighted by atomic mass is 10.0. The maximum absolute atomic E-state index is 13.6. The molecule has 0 radical (unpaired) electrons. The van der Waals surface area contributed by atoms with Crippen LogP contribution in [0, 0.1) is 6.92 Å². The largest absolute Gasteiger partial charge is 0.494 e. The van der Waals surface area contributed by atoms with Crippen LogP contribution in [0.2, 0.25) is 0 Å². The monoisotopic (exact) mass is 488 g/mol. The van der Waals surface area contributed by atoms with E-state index in [4.69, 9.17) is 4.74 Å². The van der Waals surface area contributed by atoms with Gasteiger partial charge in [-0.05, 0) is 66.6 Å². The molecule has 0 aliphatic carbocycles. The summed E-state index contributed by atoms with van der Waals surface area (Å²) >= 11 is 0. The molecule has 1 amide bonds. The van der Waals surface area contributed by atoms with Gasteiger partial charge in [-0.2, -0.15) is 0 Å². The number of nitrogens with one attached hydrogen (secondary N) is 1. The number of benzene rings is 4. The van der Waals surface area contributed by atoms with Crippen LogP contribution in [0.3, 0.4) is 0 Å². The molecule has 0 fully saturated rings. The number of fused-ring (bicyclic) bond motifs is 1. The van der Waals surface area contributed by atoms with Gasteiger partial charge < -0.3 is 10.1 Å². The second kappa shape index (κ2) is 10.6. The number of aryl methyl sites for hydroxylation is 1. The van der Waals surface area contributed by atoms with Crippen LogP contribution in [-0.4, -0.2) is 27.5 Å². The van der Waals surface area contributed by atoms with Crippen molar-refractivity contribution in [1.82, 2.24) is 5.32 Å². The van der Waals surface area contributed by atoms with Gasteiger partial charge in [-0.3, -0.25) is 9.10 Å². The average molecular weight is 489 g/mol. The molecule has 0 aliphatic rings. The molecule has 4 rings (SSSR count). The summed E-state index contributed by atoms with van der Waals surface area (Å²) in [6.45, 7) is 4.21. The molecular weight excluding hydrogens is 460 g/mol. The highest BCUT2D eigenvalue weighted by Gasteiger charge is 2.27. The molecule has 0 spiro atoms. The minimum Gasteiger partial charge on any atom is -0.494 e. The molecule has 4 aromatic carbocycles. The normalized spacial score (nSPS) is 11.3. The Balaban J connectivity index is 1.59. The Bertz CT molecular complexity index is 1410. The van der Waals surface area contributed by atoms with E-state index in [2.05, 4.69) is 5.32 Å². The van der Waals surface area contributed by atoms with E-state index in [-0.39, 0.29) is 11.4 Å². The standard InChI is InChI=1S/C28H28N2O4S/c1-3-34-25-15-13-24(14-16-25)30(35(32,33)26-17-11-21(2)12-18-26)20-28(31)29-19-23-9-6-8-22-7-4-5-10-27(22)23/h4-18H,3,19-20H2,1-2H3,(H,29,31). The van der Waals surface area contributed by atoms with Crippen molar-refractivity contribution in [2.24, 2.45) is 0 Å². The molecular formula is C28H28N2O4S. The highest BCUT2D eigenvalue weighted by Crippen LogP contribution is 2.26. The molecule has 0 unspecified atom stereocenters. The van der Waals surface area contributed by atoms with E-state index in [1.165, 1.54) is 0 Å². The average Bonchev–Trinajstić information content (AvgIpc) is 2.87. The molecule has 0 saturated heterocycles. The number of rotatable bonds is 9. The minimum atomic E-state index is -3.98. The van der Waals surface area contributed by atoms with Gasteiger partial charge in [-0.1, -0.05) is 60.2 Å². The molecule has 0 aromatic heterocycles. The first-order chi connectivity index (χ1) is 16.9. The van der Waals surface area contributed by atoms with Crippen LogP contribution in [-0.2, 0) is 21.4 Å². The van der Waals surface area contributed by atoms with Crippen molar-refractivity contribution in [2.75, 3.05) is 17.5 Å². The summed E-state index contributed by atoms with van der Waals surface area (Å²) in [5.41, 5.74) is 2.30. The van der Waals surface area contributed by atoms with Gasteiger partial charge in [0, 0.05) is 6.54 Å². The van der Waals surface area contributed by atoms with Crippen molar-refractivity contribution in [2.45, 2.75) is 25.3 Å². The van der Waals surface area contributed by atoms with Crippen molar-refractivity contribution in [3.8, 4) is 5.75 Å². The number of anilines is 1. The van der Waals surface area contributed by atoms with Gasteiger partial charge in [-0.15, -0.1) is 0 Å². The number of carbonyl (C=O) groups excluding carboxylic acids is 1. The van der Waals surface area contributed by atoms with Crippen molar-refractivity contribution < 1.29 is 17.9 Å². The van der Waals surface area contributed by atoms with E-state index in [9.17, 15) is 13.2 Å². The molecule has 180 valence electrons. The first kappa shape index (κ1) is 24.3. The molecule has 6 nitrogen and oxygen atoms in total. The predicted octanol–water partition coefficient (Wildman–Crippen LogP) is 5.06. The maximum atomic E-state index is 13.6. The van der Waals surface area contributed by atoms with Crippen molar-refractivity contribution in [3.63, 3.8) is 0 Å². The molecule has 7 heteroatoms. The van der Waals surface area contributed by atoms with Gasteiger partial charge in [0.25, 0.3) is 10.0 Å². The van der Waals surface area contributed by atoms with Gasteiger partial charge in [0.1, 0.15) is 12.3 Å². The lowest BCUT2D eigenvalue weighted by molar-refractivity contribution is -0.119. The fourth-order valence-electron chi connectivity index (χ4n) is 3.85. The SMILES string of the molecule is CCOc1ccc(N(CC(=O)NCc2cccc3ccccc23)S(=O)(=O)c2ccc(C)cc2)cc1. The van der Waals surface area contributed by atoms with Crippen molar-refractivity contribution in [1.29, 1.82) is 0 Å². The van der Waals surface area contributed by atoms with Crippen LogP contribution in [0.25, 0.3) is 10.8 Å². The van der Waals surface area contributed by atoms with Crippen LogP contribution in [0.5, 0.6) is 5.75 Å². The number of sulfonamides is 1. The first-order valence-electron chi connectivity index (χ1n) is 11.4. The number of hydrogen-bond acceptors (Lipinski definition) is 4. The fourth-order valence-corrected chi connectivity index (χ4v) is 5.28. The van der Waals surface area contributed by atoms with E-state index in [0.717, 1.165) is 26.2 Å². The van der Waals surface area contributed by atoms with Crippen molar-refractivity contribution in [3.05, 3.63) is 102 Å². The Morgan fingerprint density at radius 2 is 1.57 bits per heavy atom. The second-order valence-corrected chi connectivity index (χ2v) is 10.0. The van der Waals surface area contributed by atoms with E-state index in [1.54, 1.807) is 48.5 Å². The topological polar surface area (TPSA) is 75.7 Å². The fraction of sp³-hybridized carbons (Fsp3) is 0.179. The molecule has 0 bridgehead atoms. The van der Waals surface area contributed by atoms with E-state index < -0.39 is 15.9 Å². The Morgan fingerprint density at radius 3 is 2.29 bits per heavy atom. The van der Waals surface area contributed by atoms with Crippen LogP contribution in [0.1, 0.15) is 18.1 Å². The Labute approximate surface area is 206 Å². The summed E-state index contributed by atoms with van der Waals surface area (Å²) in [5, 5.41) is 5.01. The Hall–Kier alpha value is -3.84. The quantitative estimate of drug-likeness (QED) is 0.357. The molecule has 0 aliphatic heterocycles. The number of nitrogens with zero attached hydrogens (tertiary/aromatic N) is 1. The Morgan fingerprint density at radius 1 is 0.886 bits per heavy atom. The predicted molar refractivity (Wildman–Crippen MR) is 139 cm³/mol. The van der Waals surface area contributed by atoms with Gasteiger partial charge in [-0.25, -0.2) is 8.42 Å². The Kier molecular flexibility index (Phi) is 7.36. The summed E-state index contributed by atoms with van der Waals surface area (Å²) in [4.78, 5) is 13.1. The van der Waals surface area contributed by atoms with E-state index in [1.807, 2.05) is 56.3 Å². The van der Waals surface area contributed by atoms with E-state index >= 15 is 0 Å². The summed E-state index contributed by atoms with van der Waals surface area (Å²) in [5.74, 6) is 0.229. The number of ether oxygens (including phenoxy) is 1. The maximum Gasteiger partial charge on any atom is 0.264 e. The molecule has 35 heavy (non-hydrogen) atoms. The summed E-state index contributed by atoms with van der Waals surface area (Å²) in [6, 6.07) is 27.1. The zero-order valence-electron chi connectivity index (χ0n) is 19.8. The summed E-state index contributed by atoms with van der Waals surface area (Å²) in [7, 11) is -3.98. The van der Waals surface area contributed by atoms with Crippen LogP contribution in [0.15, 0.2) is 95.9 Å². The van der Waals surface area contributed by atoms with Crippen LogP contribution >= 0.6 is 0 Å². The molecule has 4 aromatic rings. The zero-order valence-corrected chi connectivity index (χ0v) is 20.6. The van der Waals surface area contributed by atoms with Crippen LogP contribution < -0.4 is 14.4 Å². The summed E-state index contributed by atoms with van der Waals surface area (Å²) < 4.78 is 33.7. The first-order valence-corrected chi connectivity index (χ1v) is 12.9. The zero-order chi connectivity index (χ0) is 24.8. The highest BCUT2D eigenvalue weighted by atomic mass is 32.2. The highest BCUT2D eigenvalue weighted by molar-refractivity contribution is 7.92. The van der Waals surface area contributed by atoms with Gasteiger partial charge in [0.05, 0.1) is 17.2 Å². The molecule has 0 atom stereocenters. The van der Waals surface area contributed by atoms with Gasteiger partial charge in [0.15, 0.2) is 0 Å². The second-order valence-electron chi connectivity index (χ2n) is 8.17. The molecule has 1 N–H and O–H groups in total. The third-order valence-electron chi connectivity index (χ3n) is 5.69. The van der Waals surface area contributed by atoms with Crippen LogP contribution in [0.4, 0.5) is 5.69 Å². The number of hydrogen-bond donors (Lipinski definition) is 1. The van der Waals surface area contributed by atoms with Gasteiger partial charge in [0.2, 0.25) is 5.91 Å². The number of amides is 1. The molecule has 0 saturated carbocycles. The lowest BCUT2D eigenvalue weighted by Gasteiger charge is -2.24. The molecule has 0 heterocycles. The van der Waals surface area contributed by atoms with E-state index in [0.29, 0.717) is 24.6 Å².